The molecule has 0 fully saturated rings. The van der Waals surface area contributed by atoms with E-state index in [4.69, 9.17) is 4.74 Å². The molecule has 0 unspecified atom stereocenters. The molecule has 3 aromatic carbocycles. The van der Waals surface area contributed by atoms with E-state index in [0.717, 1.165) is 20.6 Å². The van der Waals surface area contributed by atoms with Crippen LogP contribution < -0.4 is 10.1 Å². The van der Waals surface area contributed by atoms with Crippen molar-refractivity contribution >= 4 is 26.7 Å². The molecule has 0 saturated heterocycles. The summed E-state index contributed by atoms with van der Waals surface area (Å²) in [7, 11) is -0.817. The number of benzene rings is 3. The number of carbonyl (C=O) groups is 1. The SMILES string of the molecule is COc1ccccc1CNC(=O)CN(C)S(=O)(=O)c1ccc2ccccc2c1. The summed E-state index contributed by atoms with van der Waals surface area (Å²) in [5.41, 5.74) is 0.818. The molecule has 6 nitrogen and oxygen atoms in total. The molecule has 1 amide bonds. The molecule has 0 aliphatic heterocycles. The molecule has 3 rings (SSSR count). The second kappa shape index (κ2) is 8.41. The summed E-state index contributed by atoms with van der Waals surface area (Å²) >= 11 is 0. The van der Waals surface area contributed by atoms with Gasteiger partial charge in [0.1, 0.15) is 5.75 Å². The molecule has 0 bridgehead atoms. The molecule has 1 N–H and O–H groups in total. The molecule has 0 atom stereocenters. The van der Waals surface area contributed by atoms with Gasteiger partial charge in [-0.1, -0.05) is 48.5 Å². The van der Waals surface area contributed by atoms with Crippen LogP contribution in [0.2, 0.25) is 0 Å². The number of likely N-dealkylation sites (N-methyl/N-ethyl adjacent to an activating group) is 1. The largest absolute Gasteiger partial charge is 0.496 e. The molecule has 0 spiro atoms. The van der Waals surface area contributed by atoms with Gasteiger partial charge in [0.2, 0.25) is 15.9 Å². The highest BCUT2D eigenvalue weighted by Crippen LogP contribution is 2.21. The molecule has 0 aliphatic rings. The summed E-state index contributed by atoms with van der Waals surface area (Å²) in [6.45, 7) is -0.0168. The smallest absolute Gasteiger partial charge is 0.243 e. The Labute approximate surface area is 164 Å². The molecular formula is C21H22N2O4S. The van der Waals surface area contributed by atoms with Gasteiger partial charge in [0.15, 0.2) is 0 Å². The standard InChI is InChI=1S/C21H22N2O4S/c1-23(15-21(24)22-14-18-9-5-6-10-20(18)27-2)28(25,26)19-12-11-16-7-3-4-8-17(16)13-19/h3-13H,14-15H2,1-2H3,(H,22,24). The number of nitrogens with zero attached hydrogens (tertiary/aromatic N) is 1. The lowest BCUT2D eigenvalue weighted by Gasteiger charge is -2.17. The highest BCUT2D eigenvalue weighted by molar-refractivity contribution is 7.89. The van der Waals surface area contributed by atoms with Crippen LogP contribution in [0.1, 0.15) is 5.56 Å². The number of fused-ring (bicyclic) bond motifs is 1. The zero-order chi connectivity index (χ0) is 20.1. The van der Waals surface area contributed by atoms with E-state index in [0.29, 0.717) is 5.75 Å². The molecular weight excluding hydrogens is 376 g/mol. The lowest BCUT2D eigenvalue weighted by atomic mass is 10.1. The van der Waals surface area contributed by atoms with Crippen LogP contribution in [0.25, 0.3) is 10.8 Å². The third kappa shape index (κ3) is 4.32. The Kier molecular flexibility index (Phi) is 5.96. The lowest BCUT2D eigenvalue weighted by molar-refractivity contribution is -0.121. The Hall–Kier alpha value is -2.90. The van der Waals surface area contributed by atoms with Crippen LogP contribution >= 0.6 is 0 Å². The molecule has 146 valence electrons. The van der Waals surface area contributed by atoms with Crippen LogP contribution in [-0.4, -0.2) is 39.3 Å². The maximum atomic E-state index is 12.8. The van der Waals surface area contributed by atoms with Gasteiger partial charge in [-0.2, -0.15) is 4.31 Å². The van der Waals surface area contributed by atoms with Gasteiger partial charge >= 0.3 is 0 Å². The second-order valence-corrected chi connectivity index (χ2v) is 8.40. The topological polar surface area (TPSA) is 75.7 Å². The predicted octanol–water partition coefficient (Wildman–Crippen LogP) is 2.79. The summed E-state index contributed by atoms with van der Waals surface area (Å²) < 4.78 is 31.9. The Morgan fingerprint density at radius 2 is 1.68 bits per heavy atom. The molecule has 0 heterocycles. The average molecular weight is 398 g/mol. The van der Waals surface area contributed by atoms with E-state index < -0.39 is 15.9 Å². The predicted molar refractivity (Wildman–Crippen MR) is 109 cm³/mol. The number of amides is 1. The number of para-hydroxylation sites is 1. The Balaban J connectivity index is 1.68. The molecule has 7 heteroatoms. The number of rotatable bonds is 7. The van der Waals surface area contributed by atoms with Crippen molar-refractivity contribution in [2.75, 3.05) is 20.7 Å². The van der Waals surface area contributed by atoms with Crippen molar-refractivity contribution < 1.29 is 17.9 Å². The van der Waals surface area contributed by atoms with Crippen molar-refractivity contribution in [3.63, 3.8) is 0 Å². The Morgan fingerprint density at radius 3 is 2.43 bits per heavy atom. The fourth-order valence-corrected chi connectivity index (χ4v) is 4.06. The van der Waals surface area contributed by atoms with Gasteiger partial charge in [-0.15, -0.1) is 0 Å². The highest BCUT2D eigenvalue weighted by atomic mass is 32.2. The first kappa shape index (κ1) is 19.9. The fraction of sp³-hybridized carbons (Fsp3) is 0.190. The van der Waals surface area contributed by atoms with Crippen LogP contribution in [0.15, 0.2) is 71.6 Å². The molecule has 3 aromatic rings. The van der Waals surface area contributed by atoms with E-state index in [1.807, 2.05) is 42.5 Å². The summed E-state index contributed by atoms with van der Waals surface area (Å²) in [6, 6.07) is 19.8. The molecule has 28 heavy (non-hydrogen) atoms. The number of nitrogens with one attached hydrogen (secondary N) is 1. The zero-order valence-corrected chi connectivity index (χ0v) is 16.6. The van der Waals surface area contributed by atoms with Crippen LogP contribution in [0.3, 0.4) is 0 Å². The van der Waals surface area contributed by atoms with Gasteiger partial charge in [0.25, 0.3) is 0 Å². The van der Waals surface area contributed by atoms with Crippen LogP contribution in [0.4, 0.5) is 0 Å². The maximum Gasteiger partial charge on any atom is 0.243 e. The van der Waals surface area contributed by atoms with Crippen molar-refractivity contribution in [3.05, 3.63) is 72.3 Å². The summed E-state index contributed by atoms with van der Waals surface area (Å²) in [5.74, 6) is 0.276. The first-order valence-corrected chi connectivity index (χ1v) is 10.2. The summed E-state index contributed by atoms with van der Waals surface area (Å²) in [6.07, 6.45) is 0. The van der Waals surface area contributed by atoms with Gasteiger partial charge in [-0.25, -0.2) is 8.42 Å². The van der Waals surface area contributed by atoms with Crippen LogP contribution in [0, 0.1) is 0 Å². The highest BCUT2D eigenvalue weighted by Gasteiger charge is 2.23. The monoisotopic (exact) mass is 398 g/mol. The van der Waals surface area contributed by atoms with Gasteiger partial charge in [-0.05, 0) is 29.0 Å². The Morgan fingerprint density at radius 1 is 1.00 bits per heavy atom. The second-order valence-electron chi connectivity index (χ2n) is 6.36. The molecule has 0 aromatic heterocycles. The quantitative estimate of drug-likeness (QED) is 0.664. The van der Waals surface area contributed by atoms with Crippen molar-refractivity contribution in [3.8, 4) is 5.75 Å². The van der Waals surface area contributed by atoms with E-state index in [1.54, 1.807) is 31.4 Å². The van der Waals surface area contributed by atoms with E-state index in [2.05, 4.69) is 5.32 Å². The van der Waals surface area contributed by atoms with E-state index in [1.165, 1.54) is 7.05 Å². The van der Waals surface area contributed by atoms with Crippen LogP contribution in [0.5, 0.6) is 5.75 Å². The van der Waals surface area contributed by atoms with E-state index in [-0.39, 0.29) is 18.0 Å². The first-order valence-electron chi connectivity index (χ1n) is 8.75. The molecule has 0 saturated carbocycles. The summed E-state index contributed by atoms with van der Waals surface area (Å²) in [4.78, 5) is 12.4. The normalized spacial score (nSPS) is 11.5. The fourth-order valence-electron chi connectivity index (χ4n) is 2.89. The van der Waals surface area contributed by atoms with E-state index in [9.17, 15) is 13.2 Å². The van der Waals surface area contributed by atoms with Crippen molar-refractivity contribution in [2.24, 2.45) is 0 Å². The first-order chi connectivity index (χ1) is 13.4. The number of carbonyl (C=O) groups excluding carboxylic acids is 1. The third-order valence-corrected chi connectivity index (χ3v) is 6.26. The minimum absolute atomic E-state index is 0.159. The van der Waals surface area contributed by atoms with Gasteiger partial charge in [0.05, 0.1) is 18.6 Å². The minimum Gasteiger partial charge on any atom is -0.496 e. The number of hydrogen-bond acceptors (Lipinski definition) is 4. The minimum atomic E-state index is -3.77. The number of hydrogen-bond donors (Lipinski definition) is 1. The third-order valence-electron chi connectivity index (χ3n) is 4.46. The number of sulfonamides is 1. The molecule has 0 aliphatic carbocycles. The average Bonchev–Trinajstić information content (AvgIpc) is 2.72. The van der Waals surface area contributed by atoms with Gasteiger partial charge in [0, 0.05) is 19.2 Å². The number of methoxy groups -OCH3 is 1. The maximum absolute atomic E-state index is 12.8. The Bertz CT molecular complexity index is 1100. The van der Waals surface area contributed by atoms with Crippen LogP contribution in [-0.2, 0) is 21.4 Å². The summed E-state index contributed by atoms with van der Waals surface area (Å²) in [5, 5.41) is 4.52. The zero-order valence-electron chi connectivity index (χ0n) is 15.8. The van der Waals surface area contributed by atoms with Crippen molar-refractivity contribution in [2.45, 2.75) is 11.4 Å². The van der Waals surface area contributed by atoms with E-state index >= 15 is 0 Å². The van der Waals surface area contributed by atoms with Gasteiger partial charge in [-0.3, -0.25) is 4.79 Å². The number of ether oxygens (including phenoxy) is 1. The molecule has 0 radical (unpaired) electrons. The van der Waals surface area contributed by atoms with Crippen molar-refractivity contribution in [1.29, 1.82) is 0 Å². The van der Waals surface area contributed by atoms with Crippen molar-refractivity contribution in [1.82, 2.24) is 9.62 Å². The lowest BCUT2D eigenvalue weighted by Crippen LogP contribution is -2.38. The van der Waals surface area contributed by atoms with Gasteiger partial charge < -0.3 is 10.1 Å².